The van der Waals surface area contributed by atoms with Gasteiger partial charge in [0.05, 0.1) is 25.9 Å². The van der Waals surface area contributed by atoms with Crippen LogP contribution in [-0.2, 0) is 0 Å². The van der Waals surface area contributed by atoms with Gasteiger partial charge in [-0.15, -0.1) is 0 Å². The van der Waals surface area contributed by atoms with E-state index in [1.54, 1.807) is 19.1 Å². The Bertz CT molecular complexity index is 397. The predicted octanol–water partition coefficient (Wildman–Crippen LogP) is -0.0466. The number of ether oxygens (including phenoxy) is 1. The van der Waals surface area contributed by atoms with Crippen molar-refractivity contribution in [2.24, 2.45) is 0 Å². The molecule has 1 rings (SSSR count). The third kappa shape index (κ3) is 2.96. The molecule has 0 aliphatic carbocycles. The summed E-state index contributed by atoms with van der Waals surface area (Å²) in [6.45, 7) is 1.09. The number of aliphatic hydroxyl groups excluding tert-OH is 2. The van der Waals surface area contributed by atoms with Crippen molar-refractivity contribution in [1.82, 2.24) is 10.3 Å². The highest BCUT2D eigenvalue weighted by Crippen LogP contribution is 2.16. The lowest BCUT2D eigenvalue weighted by Gasteiger charge is -2.29. The molecule has 0 aliphatic heterocycles. The monoisotopic (exact) mass is 254 g/mol. The van der Waals surface area contributed by atoms with Crippen LogP contribution in [0.1, 0.15) is 23.7 Å². The molecule has 1 amide bonds. The van der Waals surface area contributed by atoms with Gasteiger partial charge in [0.2, 0.25) is 5.88 Å². The van der Waals surface area contributed by atoms with Gasteiger partial charge in [0, 0.05) is 6.20 Å². The summed E-state index contributed by atoms with van der Waals surface area (Å²) >= 11 is 0. The zero-order valence-electron chi connectivity index (χ0n) is 10.5. The van der Waals surface area contributed by atoms with E-state index in [9.17, 15) is 15.0 Å². The molecule has 1 aromatic rings. The van der Waals surface area contributed by atoms with Crippen molar-refractivity contribution in [2.45, 2.75) is 18.9 Å². The first-order valence-electron chi connectivity index (χ1n) is 5.65. The molecule has 3 N–H and O–H groups in total. The molecule has 0 spiro atoms. The van der Waals surface area contributed by atoms with Crippen molar-refractivity contribution in [1.29, 1.82) is 0 Å². The van der Waals surface area contributed by atoms with E-state index in [4.69, 9.17) is 4.74 Å². The summed E-state index contributed by atoms with van der Waals surface area (Å²) in [6.07, 6.45) is 1.93. The highest BCUT2D eigenvalue weighted by molar-refractivity contribution is 5.96. The summed E-state index contributed by atoms with van der Waals surface area (Å²) in [5.41, 5.74) is -0.766. The molecule has 0 aliphatic rings. The number of nitrogens with one attached hydrogen (secondary N) is 1. The maximum absolute atomic E-state index is 12.1. The van der Waals surface area contributed by atoms with Gasteiger partial charge >= 0.3 is 0 Å². The predicted molar refractivity (Wildman–Crippen MR) is 65.4 cm³/mol. The number of pyridine rings is 1. The van der Waals surface area contributed by atoms with E-state index in [1.807, 2.05) is 0 Å². The van der Waals surface area contributed by atoms with Crippen LogP contribution >= 0.6 is 0 Å². The number of methoxy groups -OCH3 is 1. The minimum atomic E-state index is -1.03. The van der Waals surface area contributed by atoms with Crippen LogP contribution in [-0.4, -0.2) is 47.0 Å². The Morgan fingerprint density at radius 3 is 2.67 bits per heavy atom. The van der Waals surface area contributed by atoms with E-state index in [2.05, 4.69) is 10.3 Å². The second-order valence-electron chi connectivity index (χ2n) is 3.96. The molecule has 0 saturated carbocycles. The lowest BCUT2D eigenvalue weighted by atomic mass is 9.98. The van der Waals surface area contributed by atoms with Crippen LogP contribution in [0, 0.1) is 0 Å². The number of aliphatic hydroxyl groups is 2. The van der Waals surface area contributed by atoms with Gasteiger partial charge in [-0.2, -0.15) is 0 Å². The standard InChI is InChI=1S/C12H18N2O4/c1-3-12(7-15,8-16)14-10(17)9-5-4-6-13-11(9)18-2/h4-6,15-16H,3,7-8H2,1-2H3,(H,14,17). The first-order valence-corrected chi connectivity index (χ1v) is 5.65. The normalized spacial score (nSPS) is 11.1. The van der Waals surface area contributed by atoms with Crippen LogP contribution in [0.15, 0.2) is 18.3 Å². The molecular weight excluding hydrogens is 236 g/mol. The molecule has 0 radical (unpaired) electrons. The molecule has 18 heavy (non-hydrogen) atoms. The number of carbonyl (C=O) groups excluding carboxylic acids is 1. The topological polar surface area (TPSA) is 91.7 Å². The highest BCUT2D eigenvalue weighted by atomic mass is 16.5. The van der Waals surface area contributed by atoms with Crippen LogP contribution in [0.5, 0.6) is 5.88 Å². The zero-order valence-corrected chi connectivity index (χ0v) is 10.5. The van der Waals surface area contributed by atoms with Crippen molar-refractivity contribution < 1.29 is 19.7 Å². The maximum Gasteiger partial charge on any atom is 0.257 e. The summed E-state index contributed by atoms with van der Waals surface area (Å²) in [4.78, 5) is 16.0. The molecule has 0 unspecified atom stereocenters. The lowest BCUT2D eigenvalue weighted by Crippen LogP contribution is -2.53. The van der Waals surface area contributed by atoms with Gasteiger partial charge in [-0.25, -0.2) is 4.98 Å². The third-order valence-electron chi connectivity index (χ3n) is 2.87. The minimum Gasteiger partial charge on any atom is -0.480 e. The van der Waals surface area contributed by atoms with E-state index in [0.29, 0.717) is 6.42 Å². The number of hydrogen-bond acceptors (Lipinski definition) is 5. The van der Waals surface area contributed by atoms with Gasteiger partial charge < -0.3 is 20.3 Å². The third-order valence-corrected chi connectivity index (χ3v) is 2.87. The van der Waals surface area contributed by atoms with Gasteiger partial charge in [0.15, 0.2) is 0 Å². The Morgan fingerprint density at radius 2 is 2.17 bits per heavy atom. The number of aromatic nitrogens is 1. The summed E-state index contributed by atoms with van der Waals surface area (Å²) < 4.78 is 4.98. The Morgan fingerprint density at radius 1 is 1.50 bits per heavy atom. The van der Waals surface area contributed by atoms with E-state index >= 15 is 0 Å². The van der Waals surface area contributed by atoms with Crippen molar-refractivity contribution in [3.8, 4) is 5.88 Å². The van der Waals surface area contributed by atoms with E-state index in [-0.39, 0.29) is 24.7 Å². The Kier molecular flexibility index (Phi) is 5.06. The smallest absolute Gasteiger partial charge is 0.257 e. The molecule has 100 valence electrons. The van der Waals surface area contributed by atoms with Gasteiger partial charge in [0.1, 0.15) is 5.56 Å². The summed E-state index contributed by atoms with van der Waals surface area (Å²) in [7, 11) is 1.42. The van der Waals surface area contributed by atoms with Crippen LogP contribution in [0.4, 0.5) is 0 Å². The van der Waals surface area contributed by atoms with Crippen molar-refractivity contribution in [3.63, 3.8) is 0 Å². The second-order valence-corrected chi connectivity index (χ2v) is 3.96. The highest BCUT2D eigenvalue weighted by Gasteiger charge is 2.29. The maximum atomic E-state index is 12.1. The Balaban J connectivity index is 2.94. The largest absolute Gasteiger partial charge is 0.480 e. The number of hydrogen-bond donors (Lipinski definition) is 3. The van der Waals surface area contributed by atoms with Gasteiger partial charge in [0.25, 0.3) is 5.91 Å². The summed E-state index contributed by atoms with van der Waals surface area (Å²) in [5, 5.41) is 21.2. The molecule has 0 atom stereocenters. The van der Waals surface area contributed by atoms with Gasteiger partial charge in [-0.1, -0.05) is 6.92 Å². The van der Waals surface area contributed by atoms with E-state index in [1.165, 1.54) is 13.3 Å². The van der Waals surface area contributed by atoms with Crippen molar-refractivity contribution in [3.05, 3.63) is 23.9 Å². The SMILES string of the molecule is CCC(CO)(CO)NC(=O)c1cccnc1OC. The van der Waals surface area contributed by atoms with Crippen molar-refractivity contribution >= 4 is 5.91 Å². The van der Waals surface area contributed by atoms with Crippen LogP contribution in [0.3, 0.4) is 0 Å². The number of rotatable bonds is 6. The molecule has 1 heterocycles. The number of amides is 1. The fourth-order valence-corrected chi connectivity index (χ4v) is 1.48. The molecule has 6 nitrogen and oxygen atoms in total. The summed E-state index contributed by atoms with van der Waals surface area (Å²) in [6, 6.07) is 3.18. The fourth-order valence-electron chi connectivity index (χ4n) is 1.48. The lowest BCUT2D eigenvalue weighted by molar-refractivity contribution is 0.0650. The van der Waals surface area contributed by atoms with Gasteiger partial charge in [-0.3, -0.25) is 4.79 Å². The molecule has 0 saturated heterocycles. The molecular formula is C12H18N2O4. The average Bonchev–Trinajstić information content (AvgIpc) is 2.44. The van der Waals surface area contributed by atoms with Crippen LogP contribution < -0.4 is 10.1 Å². The van der Waals surface area contributed by atoms with Crippen molar-refractivity contribution in [2.75, 3.05) is 20.3 Å². The summed E-state index contributed by atoms with van der Waals surface area (Å²) in [5.74, 6) is -0.235. The van der Waals surface area contributed by atoms with E-state index in [0.717, 1.165) is 0 Å². The van der Waals surface area contributed by atoms with E-state index < -0.39 is 11.4 Å². The first-order chi connectivity index (χ1) is 8.62. The average molecular weight is 254 g/mol. The fraction of sp³-hybridized carbons (Fsp3) is 0.500. The van der Waals surface area contributed by atoms with Gasteiger partial charge in [-0.05, 0) is 18.6 Å². The number of carbonyl (C=O) groups is 1. The minimum absolute atomic E-state index is 0.205. The molecule has 0 fully saturated rings. The van der Waals surface area contributed by atoms with Crippen LogP contribution in [0.2, 0.25) is 0 Å². The van der Waals surface area contributed by atoms with Crippen LogP contribution in [0.25, 0.3) is 0 Å². The zero-order chi connectivity index (χ0) is 13.6. The molecule has 0 aromatic carbocycles. The quantitative estimate of drug-likeness (QED) is 0.662. The Labute approximate surface area is 106 Å². The second kappa shape index (κ2) is 6.32. The number of nitrogens with zero attached hydrogens (tertiary/aromatic N) is 1. The molecule has 1 aromatic heterocycles. The molecule has 6 heteroatoms. The first kappa shape index (κ1) is 14.4. The molecule has 0 bridgehead atoms. The Hall–Kier alpha value is -1.66.